The Morgan fingerprint density at radius 2 is 1.94 bits per heavy atom. The van der Waals surface area contributed by atoms with Crippen LogP contribution in [-0.4, -0.2) is 16.1 Å². The van der Waals surface area contributed by atoms with Crippen molar-refractivity contribution in [3.8, 4) is 5.75 Å². The van der Waals surface area contributed by atoms with Gasteiger partial charge in [-0.2, -0.15) is 0 Å². The van der Waals surface area contributed by atoms with E-state index in [-0.39, 0.29) is 18.1 Å². The van der Waals surface area contributed by atoms with Gasteiger partial charge in [-0.05, 0) is 30.3 Å². The van der Waals surface area contributed by atoms with Gasteiger partial charge < -0.3 is 9.84 Å². The predicted molar refractivity (Wildman–Crippen MR) is 61.9 cm³/mol. The van der Waals surface area contributed by atoms with Crippen LogP contribution >= 0.6 is 0 Å². The lowest BCUT2D eigenvalue weighted by Gasteiger charge is -2.05. The minimum absolute atomic E-state index is 0.0134. The summed E-state index contributed by atoms with van der Waals surface area (Å²) < 4.78 is 18.0. The molecule has 1 aromatic heterocycles. The van der Waals surface area contributed by atoms with E-state index in [4.69, 9.17) is 9.84 Å². The highest BCUT2D eigenvalue weighted by Crippen LogP contribution is 2.13. The number of pyridine rings is 1. The molecule has 0 aliphatic heterocycles. The Hall–Kier alpha value is -2.43. The van der Waals surface area contributed by atoms with E-state index in [9.17, 15) is 9.18 Å². The molecule has 1 N–H and O–H groups in total. The third-order valence-corrected chi connectivity index (χ3v) is 2.26. The van der Waals surface area contributed by atoms with E-state index in [1.54, 1.807) is 6.07 Å². The fourth-order valence-corrected chi connectivity index (χ4v) is 1.33. The maximum absolute atomic E-state index is 12.6. The molecule has 0 fully saturated rings. The van der Waals surface area contributed by atoms with Gasteiger partial charge in [0.2, 0.25) is 0 Å². The molecule has 0 aliphatic rings. The van der Waals surface area contributed by atoms with Crippen molar-refractivity contribution >= 4 is 5.97 Å². The van der Waals surface area contributed by atoms with Gasteiger partial charge in [0, 0.05) is 11.8 Å². The molecule has 0 spiro atoms. The molecule has 0 saturated carbocycles. The van der Waals surface area contributed by atoms with Gasteiger partial charge in [-0.3, -0.25) is 0 Å². The van der Waals surface area contributed by atoms with Gasteiger partial charge in [-0.1, -0.05) is 6.07 Å². The van der Waals surface area contributed by atoms with E-state index in [1.807, 2.05) is 0 Å². The standard InChI is InChI=1S/C13H10FNO3/c14-10-2-4-11(5-3-10)18-8-9-1-6-12(13(16)17)15-7-9/h1-7H,8H2,(H,16,17). The maximum atomic E-state index is 12.6. The Kier molecular flexibility index (Phi) is 3.52. The summed E-state index contributed by atoms with van der Waals surface area (Å²) in [6.07, 6.45) is 1.44. The summed E-state index contributed by atoms with van der Waals surface area (Å²) in [6.45, 7) is 0.249. The first-order chi connectivity index (χ1) is 8.65. The number of carbonyl (C=O) groups is 1. The van der Waals surface area contributed by atoms with Crippen LogP contribution in [-0.2, 0) is 6.61 Å². The predicted octanol–water partition coefficient (Wildman–Crippen LogP) is 2.50. The molecule has 0 unspecified atom stereocenters. The van der Waals surface area contributed by atoms with Gasteiger partial charge in [0.05, 0.1) is 0 Å². The van der Waals surface area contributed by atoms with Gasteiger partial charge in [0.15, 0.2) is 0 Å². The number of aromatic carboxylic acids is 1. The van der Waals surface area contributed by atoms with Crippen LogP contribution in [0.2, 0.25) is 0 Å². The summed E-state index contributed by atoms with van der Waals surface area (Å²) in [4.78, 5) is 14.4. The number of ether oxygens (including phenoxy) is 1. The molecule has 2 aromatic rings. The minimum Gasteiger partial charge on any atom is -0.489 e. The van der Waals surface area contributed by atoms with Crippen LogP contribution in [0.25, 0.3) is 0 Å². The lowest BCUT2D eigenvalue weighted by atomic mass is 10.2. The molecule has 92 valence electrons. The molecule has 5 heteroatoms. The summed E-state index contributed by atoms with van der Waals surface area (Å²) in [7, 11) is 0. The fourth-order valence-electron chi connectivity index (χ4n) is 1.33. The van der Waals surface area contributed by atoms with Crippen molar-refractivity contribution in [1.29, 1.82) is 0 Å². The Morgan fingerprint density at radius 1 is 1.22 bits per heavy atom. The van der Waals surface area contributed by atoms with Crippen LogP contribution in [0.3, 0.4) is 0 Å². The molecule has 0 aliphatic carbocycles. The van der Waals surface area contributed by atoms with Crippen molar-refractivity contribution < 1.29 is 19.0 Å². The fraction of sp³-hybridized carbons (Fsp3) is 0.0769. The number of hydrogen-bond acceptors (Lipinski definition) is 3. The first-order valence-electron chi connectivity index (χ1n) is 5.22. The molecular formula is C13H10FNO3. The van der Waals surface area contributed by atoms with Crippen molar-refractivity contribution in [2.75, 3.05) is 0 Å². The average Bonchev–Trinajstić information content (AvgIpc) is 2.38. The number of carboxylic acids is 1. The van der Waals surface area contributed by atoms with Gasteiger partial charge in [-0.15, -0.1) is 0 Å². The number of benzene rings is 1. The molecule has 0 saturated heterocycles. The van der Waals surface area contributed by atoms with Crippen LogP contribution < -0.4 is 4.74 Å². The highest BCUT2D eigenvalue weighted by molar-refractivity contribution is 5.85. The number of rotatable bonds is 4. The van der Waals surface area contributed by atoms with Gasteiger partial charge >= 0.3 is 5.97 Å². The second-order valence-corrected chi connectivity index (χ2v) is 3.60. The number of nitrogens with zero attached hydrogens (tertiary/aromatic N) is 1. The third kappa shape index (κ3) is 3.04. The Balaban J connectivity index is 1.97. The lowest BCUT2D eigenvalue weighted by Crippen LogP contribution is -2.02. The summed E-state index contributed by atoms with van der Waals surface area (Å²) in [6, 6.07) is 8.69. The summed E-state index contributed by atoms with van der Waals surface area (Å²) >= 11 is 0. The minimum atomic E-state index is -1.07. The van der Waals surface area contributed by atoms with E-state index in [2.05, 4.69) is 4.98 Å². The van der Waals surface area contributed by atoms with Crippen LogP contribution in [0.4, 0.5) is 4.39 Å². The quantitative estimate of drug-likeness (QED) is 0.901. The van der Waals surface area contributed by atoms with Gasteiger partial charge in [-0.25, -0.2) is 14.2 Å². The molecular weight excluding hydrogens is 237 g/mol. The first kappa shape index (κ1) is 12.0. The highest BCUT2D eigenvalue weighted by atomic mass is 19.1. The smallest absolute Gasteiger partial charge is 0.354 e. The zero-order valence-corrected chi connectivity index (χ0v) is 9.34. The van der Waals surface area contributed by atoms with Crippen LogP contribution in [0.15, 0.2) is 42.6 Å². The second kappa shape index (κ2) is 5.27. The number of aromatic nitrogens is 1. The zero-order chi connectivity index (χ0) is 13.0. The SMILES string of the molecule is O=C(O)c1ccc(COc2ccc(F)cc2)cn1. The molecule has 1 aromatic carbocycles. The van der Waals surface area contributed by atoms with Gasteiger partial charge in [0.25, 0.3) is 0 Å². The molecule has 18 heavy (non-hydrogen) atoms. The van der Waals surface area contributed by atoms with Crippen molar-refractivity contribution in [2.24, 2.45) is 0 Å². The average molecular weight is 247 g/mol. The molecule has 0 radical (unpaired) electrons. The molecule has 2 rings (SSSR count). The summed E-state index contributed by atoms with van der Waals surface area (Å²) in [5.74, 6) is -0.852. The third-order valence-electron chi connectivity index (χ3n) is 2.26. The Labute approximate surface area is 103 Å². The number of halogens is 1. The van der Waals surface area contributed by atoms with E-state index >= 15 is 0 Å². The second-order valence-electron chi connectivity index (χ2n) is 3.60. The normalized spacial score (nSPS) is 10.1. The summed E-state index contributed by atoms with van der Waals surface area (Å²) in [5, 5.41) is 8.68. The van der Waals surface area contributed by atoms with E-state index in [0.717, 1.165) is 5.56 Å². The molecule has 0 amide bonds. The Bertz CT molecular complexity index is 537. The van der Waals surface area contributed by atoms with E-state index < -0.39 is 5.97 Å². The Morgan fingerprint density at radius 3 is 2.50 bits per heavy atom. The first-order valence-corrected chi connectivity index (χ1v) is 5.22. The summed E-state index contributed by atoms with van der Waals surface area (Å²) in [5.41, 5.74) is 0.727. The van der Waals surface area contributed by atoms with Crippen molar-refractivity contribution in [3.63, 3.8) is 0 Å². The van der Waals surface area contributed by atoms with Crippen molar-refractivity contribution in [2.45, 2.75) is 6.61 Å². The van der Waals surface area contributed by atoms with E-state index in [0.29, 0.717) is 5.75 Å². The molecule has 1 heterocycles. The highest BCUT2D eigenvalue weighted by Gasteiger charge is 2.03. The van der Waals surface area contributed by atoms with Crippen LogP contribution in [0.5, 0.6) is 5.75 Å². The topological polar surface area (TPSA) is 59.4 Å². The monoisotopic (exact) mass is 247 g/mol. The van der Waals surface area contributed by atoms with Crippen LogP contribution in [0.1, 0.15) is 16.1 Å². The maximum Gasteiger partial charge on any atom is 0.354 e. The van der Waals surface area contributed by atoms with Crippen molar-refractivity contribution in [3.05, 3.63) is 59.7 Å². The van der Waals surface area contributed by atoms with Crippen molar-refractivity contribution in [1.82, 2.24) is 4.98 Å². The zero-order valence-electron chi connectivity index (χ0n) is 9.34. The van der Waals surface area contributed by atoms with E-state index in [1.165, 1.54) is 36.5 Å². The number of carboxylic acid groups (broad SMARTS) is 1. The largest absolute Gasteiger partial charge is 0.489 e. The molecule has 0 bridgehead atoms. The molecule has 4 nitrogen and oxygen atoms in total. The number of hydrogen-bond donors (Lipinski definition) is 1. The molecule has 0 atom stereocenters. The van der Waals surface area contributed by atoms with Crippen LogP contribution in [0, 0.1) is 5.82 Å². The van der Waals surface area contributed by atoms with Gasteiger partial charge in [0.1, 0.15) is 23.9 Å². The lowest BCUT2D eigenvalue weighted by molar-refractivity contribution is 0.0690.